The maximum Gasteiger partial charge on any atom is 0.317 e. The lowest BCUT2D eigenvalue weighted by Crippen LogP contribution is -2.38. The number of rotatable bonds is 5. The predicted molar refractivity (Wildman–Crippen MR) is 98.2 cm³/mol. The highest BCUT2D eigenvalue weighted by Crippen LogP contribution is 2.60. The topological polar surface area (TPSA) is 71.3 Å². The van der Waals surface area contributed by atoms with E-state index in [1.165, 1.54) is 38.5 Å². The van der Waals surface area contributed by atoms with Gasteiger partial charge in [-0.1, -0.05) is 24.4 Å². The van der Waals surface area contributed by atoms with E-state index in [2.05, 4.69) is 15.5 Å². The first-order valence-electron chi connectivity index (χ1n) is 9.51. The van der Waals surface area contributed by atoms with E-state index in [0.717, 1.165) is 17.8 Å². The average molecular weight is 354 g/mol. The molecule has 0 saturated heterocycles. The van der Waals surface area contributed by atoms with Crippen molar-refractivity contribution in [1.82, 2.24) is 20.4 Å². The molecule has 2 saturated carbocycles. The van der Waals surface area contributed by atoms with Gasteiger partial charge in [0.05, 0.1) is 6.54 Å². The SMILES string of the molecule is CN(Cc1cc(-c2ccncc2)no1)C(=O)NC[C@H]1CC12CCCCC2. The van der Waals surface area contributed by atoms with Gasteiger partial charge in [0.2, 0.25) is 0 Å². The third kappa shape index (κ3) is 3.59. The molecule has 6 heteroatoms. The van der Waals surface area contributed by atoms with Gasteiger partial charge in [-0.25, -0.2) is 4.79 Å². The monoisotopic (exact) mass is 354 g/mol. The number of pyridine rings is 1. The van der Waals surface area contributed by atoms with Crippen molar-refractivity contribution in [1.29, 1.82) is 0 Å². The third-order valence-corrected chi connectivity index (χ3v) is 5.98. The van der Waals surface area contributed by atoms with E-state index in [4.69, 9.17) is 4.52 Å². The van der Waals surface area contributed by atoms with Crippen LogP contribution in [0.3, 0.4) is 0 Å². The zero-order valence-corrected chi connectivity index (χ0v) is 15.3. The smallest absolute Gasteiger partial charge is 0.317 e. The van der Waals surface area contributed by atoms with Crippen molar-refractivity contribution in [2.24, 2.45) is 11.3 Å². The van der Waals surface area contributed by atoms with Crippen molar-refractivity contribution in [2.45, 2.75) is 45.1 Å². The summed E-state index contributed by atoms with van der Waals surface area (Å²) in [5.74, 6) is 1.34. The summed E-state index contributed by atoms with van der Waals surface area (Å²) in [5, 5.41) is 7.17. The Morgan fingerprint density at radius 1 is 1.31 bits per heavy atom. The molecule has 2 aliphatic rings. The van der Waals surface area contributed by atoms with E-state index in [1.807, 2.05) is 18.2 Å². The third-order valence-electron chi connectivity index (χ3n) is 5.98. The van der Waals surface area contributed by atoms with E-state index in [1.54, 1.807) is 24.3 Å². The molecule has 4 rings (SSSR count). The maximum absolute atomic E-state index is 12.4. The molecule has 26 heavy (non-hydrogen) atoms. The van der Waals surface area contributed by atoms with Crippen molar-refractivity contribution in [3.05, 3.63) is 36.4 Å². The molecule has 1 atom stereocenters. The number of nitrogens with one attached hydrogen (secondary N) is 1. The second kappa shape index (κ2) is 7.09. The fourth-order valence-electron chi connectivity index (χ4n) is 4.29. The standard InChI is InChI=1S/C20H26N4O2/c1-24(14-17-11-18(23-26-17)15-5-9-21-10-6-15)19(25)22-13-16-12-20(16)7-3-2-4-8-20/h5-6,9-11,16H,2-4,7-8,12-14H2,1H3,(H,22,25)/t16-/m1/s1. The van der Waals surface area contributed by atoms with Gasteiger partial charge < -0.3 is 14.7 Å². The number of urea groups is 1. The van der Waals surface area contributed by atoms with Gasteiger partial charge in [-0.3, -0.25) is 4.98 Å². The van der Waals surface area contributed by atoms with Crippen LogP contribution in [-0.2, 0) is 6.54 Å². The predicted octanol–water partition coefficient (Wildman–Crippen LogP) is 3.85. The highest BCUT2D eigenvalue weighted by Gasteiger charge is 2.53. The van der Waals surface area contributed by atoms with E-state index in [-0.39, 0.29) is 6.03 Å². The lowest BCUT2D eigenvalue weighted by Gasteiger charge is -2.23. The number of hydrogen-bond acceptors (Lipinski definition) is 4. The molecule has 0 unspecified atom stereocenters. The van der Waals surface area contributed by atoms with Crippen LogP contribution in [0.5, 0.6) is 0 Å². The molecular weight excluding hydrogens is 328 g/mol. The first-order valence-corrected chi connectivity index (χ1v) is 9.51. The number of carbonyl (C=O) groups excluding carboxylic acids is 1. The molecule has 0 radical (unpaired) electrons. The minimum atomic E-state index is -0.0512. The molecule has 2 aromatic heterocycles. The molecule has 2 amide bonds. The fourth-order valence-corrected chi connectivity index (χ4v) is 4.29. The summed E-state index contributed by atoms with van der Waals surface area (Å²) in [6.07, 6.45) is 11.5. The largest absolute Gasteiger partial charge is 0.359 e. The maximum atomic E-state index is 12.4. The highest BCUT2D eigenvalue weighted by atomic mass is 16.5. The molecule has 0 aliphatic heterocycles. The number of amides is 2. The average Bonchev–Trinajstić information content (AvgIpc) is 3.11. The molecule has 1 spiro atoms. The molecule has 6 nitrogen and oxygen atoms in total. The summed E-state index contributed by atoms with van der Waals surface area (Å²) in [4.78, 5) is 18.0. The molecule has 0 bridgehead atoms. The lowest BCUT2D eigenvalue weighted by atomic mass is 9.84. The Morgan fingerprint density at radius 3 is 2.85 bits per heavy atom. The van der Waals surface area contributed by atoms with Gasteiger partial charge >= 0.3 is 6.03 Å². The Kier molecular flexibility index (Phi) is 4.66. The van der Waals surface area contributed by atoms with E-state index in [9.17, 15) is 4.79 Å². The van der Waals surface area contributed by atoms with Gasteiger partial charge in [0.15, 0.2) is 5.76 Å². The Labute approximate surface area is 154 Å². The van der Waals surface area contributed by atoms with Crippen molar-refractivity contribution < 1.29 is 9.32 Å². The van der Waals surface area contributed by atoms with Crippen LogP contribution in [0.15, 0.2) is 35.1 Å². The van der Waals surface area contributed by atoms with Gasteiger partial charge in [0.25, 0.3) is 0 Å². The van der Waals surface area contributed by atoms with Crippen molar-refractivity contribution >= 4 is 6.03 Å². The first kappa shape index (κ1) is 17.1. The number of aromatic nitrogens is 2. The Hall–Kier alpha value is -2.37. The molecule has 2 aliphatic carbocycles. The summed E-state index contributed by atoms with van der Waals surface area (Å²) in [7, 11) is 1.78. The lowest BCUT2D eigenvalue weighted by molar-refractivity contribution is 0.199. The van der Waals surface area contributed by atoms with Gasteiger partial charge in [0, 0.05) is 37.6 Å². The molecule has 0 aromatic carbocycles. The molecule has 2 heterocycles. The number of hydrogen-bond donors (Lipinski definition) is 1. The Bertz CT molecular complexity index is 752. The minimum absolute atomic E-state index is 0.0512. The van der Waals surface area contributed by atoms with Crippen molar-refractivity contribution in [2.75, 3.05) is 13.6 Å². The zero-order valence-electron chi connectivity index (χ0n) is 15.3. The van der Waals surface area contributed by atoms with Gasteiger partial charge in [-0.2, -0.15) is 0 Å². The van der Waals surface area contributed by atoms with Crippen LogP contribution in [0.2, 0.25) is 0 Å². The number of carbonyl (C=O) groups is 1. The minimum Gasteiger partial charge on any atom is -0.359 e. The quantitative estimate of drug-likeness (QED) is 0.885. The summed E-state index contributed by atoms with van der Waals surface area (Å²) in [5.41, 5.74) is 2.26. The Balaban J connectivity index is 1.26. The molecule has 2 fully saturated rings. The van der Waals surface area contributed by atoms with Crippen LogP contribution in [0.1, 0.15) is 44.3 Å². The van der Waals surface area contributed by atoms with Crippen LogP contribution in [0, 0.1) is 11.3 Å². The second-order valence-corrected chi connectivity index (χ2v) is 7.78. The van der Waals surface area contributed by atoms with Gasteiger partial charge in [0.1, 0.15) is 5.69 Å². The highest BCUT2D eigenvalue weighted by molar-refractivity contribution is 5.73. The number of nitrogens with zero attached hydrogens (tertiary/aromatic N) is 3. The molecule has 138 valence electrons. The first-order chi connectivity index (χ1) is 12.7. The van der Waals surface area contributed by atoms with Crippen LogP contribution in [-0.4, -0.2) is 34.7 Å². The van der Waals surface area contributed by atoms with E-state index < -0.39 is 0 Å². The zero-order chi connectivity index (χ0) is 18.0. The van der Waals surface area contributed by atoms with Crippen LogP contribution < -0.4 is 5.32 Å². The van der Waals surface area contributed by atoms with Gasteiger partial charge in [-0.15, -0.1) is 0 Å². The normalized spacial score (nSPS) is 20.7. The van der Waals surface area contributed by atoms with Crippen molar-refractivity contribution in [3.63, 3.8) is 0 Å². The summed E-state index contributed by atoms with van der Waals surface area (Å²) in [6, 6.07) is 5.59. The molecule has 2 aromatic rings. The van der Waals surface area contributed by atoms with E-state index in [0.29, 0.717) is 23.6 Å². The van der Waals surface area contributed by atoms with Crippen LogP contribution >= 0.6 is 0 Å². The molecular formula is C20H26N4O2. The van der Waals surface area contributed by atoms with E-state index >= 15 is 0 Å². The summed E-state index contributed by atoms with van der Waals surface area (Å²) in [6.45, 7) is 1.20. The molecule has 1 N–H and O–H groups in total. The summed E-state index contributed by atoms with van der Waals surface area (Å²) >= 11 is 0. The van der Waals surface area contributed by atoms with Crippen LogP contribution in [0.25, 0.3) is 11.3 Å². The van der Waals surface area contributed by atoms with Gasteiger partial charge in [-0.05, 0) is 42.7 Å². The van der Waals surface area contributed by atoms with Crippen LogP contribution in [0.4, 0.5) is 4.79 Å². The second-order valence-electron chi connectivity index (χ2n) is 7.78. The fraction of sp³-hybridized carbons (Fsp3) is 0.550. The Morgan fingerprint density at radius 2 is 2.08 bits per heavy atom. The van der Waals surface area contributed by atoms with Crippen molar-refractivity contribution in [3.8, 4) is 11.3 Å². The summed E-state index contributed by atoms with van der Waals surface area (Å²) < 4.78 is 5.38.